The molecule has 0 aliphatic carbocycles. The van der Waals surface area contributed by atoms with Crippen LogP contribution in [-0.2, 0) is 4.74 Å². The highest BCUT2D eigenvalue weighted by Crippen LogP contribution is 2.20. The van der Waals surface area contributed by atoms with E-state index in [9.17, 15) is 0 Å². The van der Waals surface area contributed by atoms with Crippen LogP contribution in [0.3, 0.4) is 0 Å². The van der Waals surface area contributed by atoms with Gasteiger partial charge in [0.15, 0.2) is 0 Å². The van der Waals surface area contributed by atoms with Gasteiger partial charge in [-0.1, -0.05) is 11.6 Å². The maximum atomic E-state index is 8.66. The maximum absolute atomic E-state index is 8.66. The first-order valence-corrected chi connectivity index (χ1v) is 6.11. The summed E-state index contributed by atoms with van der Waals surface area (Å²) in [5, 5.41) is 9.15. The monoisotopic (exact) mass is 267 g/mol. The van der Waals surface area contributed by atoms with Gasteiger partial charge in [0.2, 0.25) is 5.88 Å². The van der Waals surface area contributed by atoms with Crippen LogP contribution in [0.15, 0.2) is 18.3 Å². The highest BCUT2D eigenvalue weighted by Gasteiger charge is 2.21. The Bertz CT molecular complexity index is 436. The molecule has 1 aliphatic heterocycles. The molecule has 2 heterocycles. The molecule has 1 aliphatic rings. The van der Waals surface area contributed by atoms with Crippen LogP contribution in [0.1, 0.15) is 0 Å². The Morgan fingerprint density at radius 3 is 3.33 bits per heavy atom. The van der Waals surface area contributed by atoms with Crippen molar-refractivity contribution in [1.29, 1.82) is 5.26 Å². The van der Waals surface area contributed by atoms with E-state index in [1.807, 2.05) is 4.90 Å². The average Bonchev–Trinajstić information content (AvgIpc) is 2.39. The normalized spacial score (nSPS) is 20.3. The zero-order chi connectivity index (χ0) is 12.8. The highest BCUT2D eigenvalue weighted by molar-refractivity contribution is 6.31. The minimum atomic E-state index is -0.0508. The third kappa shape index (κ3) is 3.57. The zero-order valence-corrected chi connectivity index (χ0v) is 10.6. The van der Waals surface area contributed by atoms with Crippen LogP contribution in [0.2, 0.25) is 5.02 Å². The lowest BCUT2D eigenvalue weighted by molar-refractivity contribution is -0.0448. The van der Waals surface area contributed by atoms with Crippen molar-refractivity contribution in [2.45, 2.75) is 6.10 Å². The van der Waals surface area contributed by atoms with E-state index in [2.05, 4.69) is 11.1 Å². The Hall–Kier alpha value is -1.35. The summed E-state index contributed by atoms with van der Waals surface area (Å²) in [6.45, 7) is 2.90. The van der Waals surface area contributed by atoms with E-state index in [0.29, 0.717) is 37.2 Å². The summed E-state index contributed by atoms with van der Waals surface area (Å²) in [7, 11) is 0. The van der Waals surface area contributed by atoms with Gasteiger partial charge in [-0.15, -0.1) is 0 Å². The predicted molar refractivity (Wildman–Crippen MR) is 66.5 cm³/mol. The summed E-state index contributed by atoms with van der Waals surface area (Å²) in [5.41, 5.74) is 0. The summed E-state index contributed by atoms with van der Waals surface area (Å²) in [6, 6.07) is 5.62. The van der Waals surface area contributed by atoms with Gasteiger partial charge in [0.25, 0.3) is 0 Å². The molecule has 5 nitrogen and oxygen atoms in total. The molecule has 0 radical (unpaired) electrons. The van der Waals surface area contributed by atoms with Gasteiger partial charge in [-0.25, -0.2) is 4.98 Å². The average molecular weight is 268 g/mol. The van der Waals surface area contributed by atoms with Crippen molar-refractivity contribution in [3.63, 3.8) is 0 Å². The number of ether oxygens (including phenoxy) is 2. The molecule has 2 rings (SSSR count). The second-order valence-electron chi connectivity index (χ2n) is 3.99. The van der Waals surface area contributed by atoms with E-state index in [1.165, 1.54) is 0 Å². The minimum absolute atomic E-state index is 0.0508. The molecule has 1 aromatic heterocycles. The first-order chi connectivity index (χ1) is 8.79. The topological polar surface area (TPSA) is 58.4 Å². The number of rotatable bonds is 4. The van der Waals surface area contributed by atoms with Crippen LogP contribution < -0.4 is 4.74 Å². The van der Waals surface area contributed by atoms with Crippen molar-refractivity contribution in [1.82, 2.24) is 9.88 Å². The van der Waals surface area contributed by atoms with Gasteiger partial charge >= 0.3 is 0 Å². The van der Waals surface area contributed by atoms with Crippen LogP contribution >= 0.6 is 11.6 Å². The fraction of sp³-hybridized carbons (Fsp3) is 0.500. The molecule has 1 aromatic rings. The third-order valence-corrected chi connectivity index (χ3v) is 2.94. The number of aromatic nitrogens is 1. The Balaban J connectivity index is 1.83. The molecule has 0 aromatic carbocycles. The maximum Gasteiger partial charge on any atom is 0.232 e. The smallest absolute Gasteiger partial charge is 0.232 e. The number of nitriles is 1. The van der Waals surface area contributed by atoms with Crippen LogP contribution in [0.25, 0.3) is 0 Å². The molecular formula is C12H14ClN3O2. The molecule has 1 saturated heterocycles. The van der Waals surface area contributed by atoms with E-state index >= 15 is 0 Å². The van der Waals surface area contributed by atoms with Crippen LogP contribution in [0.5, 0.6) is 5.88 Å². The number of hydrogen-bond acceptors (Lipinski definition) is 5. The Labute approximate surface area is 111 Å². The number of hydrogen-bond donors (Lipinski definition) is 0. The number of morpholine rings is 1. The molecule has 96 valence electrons. The first-order valence-electron chi connectivity index (χ1n) is 5.74. The van der Waals surface area contributed by atoms with Crippen molar-refractivity contribution in [2.75, 3.05) is 32.8 Å². The Morgan fingerprint density at radius 1 is 1.67 bits per heavy atom. The second-order valence-corrected chi connectivity index (χ2v) is 4.39. The van der Waals surface area contributed by atoms with Gasteiger partial charge in [0, 0.05) is 19.3 Å². The van der Waals surface area contributed by atoms with E-state index in [0.717, 1.165) is 6.54 Å². The van der Waals surface area contributed by atoms with E-state index in [-0.39, 0.29) is 6.10 Å². The first kappa shape index (κ1) is 13.1. The lowest BCUT2D eigenvalue weighted by Gasteiger charge is -2.30. The molecule has 0 spiro atoms. The summed E-state index contributed by atoms with van der Waals surface area (Å²) >= 11 is 5.94. The largest absolute Gasteiger partial charge is 0.474 e. The minimum Gasteiger partial charge on any atom is -0.474 e. The zero-order valence-electron chi connectivity index (χ0n) is 9.88. The van der Waals surface area contributed by atoms with Crippen molar-refractivity contribution in [3.8, 4) is 11.9 Å². The van der Waals surface area contributed by atoms with Crippen LogP contribution in [0, 0.1) is 11.3 Å². The molecule has 6 heteroatoms. The molecule has 0 bridgehead atoms. The highest BCUT2D eigenvalue weighted by atomic mass is 35.5. The van der Waals surface area contributed by atoms with Gasteiger partial charge in [0.05, 0.1) is 19.2 Å². The van der Waals surface area contributed by atoms with Gasteiger partial charge in [0.1, 0.15) is 17.7 Å². The van der Waals surface area contributed by atoms with Crippen molar-refractivity contribution >= 4 is 11.6 Å². The van der Waals surface area contributed by atoms with Crippen molar-refractivity contribution in [3.05, 3.63) is 23.4 Å². The summed E-state index contributed by atoms with van der Waals surface area (Å²) in [4.78, 5) is 6.08. The predicted octanol–water partition coefficient (Wildman–Crippen LogP) is 1.34. The van der Waals surface area contributed by atoms with Crippen LogP contribution in [0.4, 0.5) is 0 Å². The summed E-state index contributed by atoms with van der Waals surface area (Å²) in [6.07, 6.45) is 1.58. The Kier molecular flexibility index (Phi) is 4.76. The van der Waals surface area contributed by atoms with Crippen molar-refractivity contribution in [2.24, 2.45) is 0 Å². The molecule has 0 saturated carbocycles. The molecule has 1 atom stereocenters. The molecule has 18 heavy (non-hydrogen) atoms. The van der Waals surface area contributed by atoms with Crippen LogP contribution in [-0.4, -0.2) is 48.8 Å². The quantitative estimate of drug-likeness (QED) is 0.771. The lowest BCUT2D eigenvalue weighted by atomic mass is 10.3. The standard InChI is InChI=1S/C12H14ClN3O2/c13-11-2-1-4-15-12(11)18-9-10-8-16(5-3-14)6-7-17-10/h1-2,4,10H,5-9H2/t10-/m1/s1. The number of pyridine rings is 1. The van der Waals surface area contributed by atoms with Gasteiger partial charge < -0.3 is 9.47 Å². The summed E-state index contributed by atoms with van der Waals surface area (Å²) in [5.74, 6) is 0.417. The number of halogens is 1. The van der Waals surface area contributed by atoms with Crippen molar-refractivity contribution < 1.29 is 9.47 Å². The van der Waals surface area contributed by atoms with Gasteiger partial charge in [-0.3, -0.25) is 4.90 Å². The third-order valence-electron chi connectivity index (χ3n) is 2.65. The van der Waals surface area contributed by atoms with E-state index in [4.69, 9.17) is 26.3 Å². The molecular weight excluding hydrogens is 254 g/mol. The SMILES string of the molecule is N#CCN1CCO[C@@H](COc2ncccc2Cl)C1. The molecule has 1 fully saturated rings. The van der Waals surface area contributed by atoms with Gasteiger partial charge in [-0.05, 0) is 12.1 Å². The van der Waals surface area contributed by atoms with Gasteiger partial charge in [-0.2, -0.15) is 5.26 Å². The number of nitrogens with zero attached hydrogens (tertiary/aromatic N) is 3. The van der Waals surface area contributed by atoms with E-state index < -0.39 is 0 Å². The fourth-order valence-electron chi connectivity index (χ4n) is 1.77. The summed E-state index contributed by atoms with van der Waals surface area (Å²) < 4.78 is 11.1. The second kappa shape index (κ2) is 6.55. The Morgan fingerprint density at radius 2 is 2.56 bits per heavy atom. The molecule has 0 unspecified atom stereocenters. The molecule has 0 amide bonds. The fourth-order valence-corrected chi connectivity index (χ4v) is 1.95. The molecule has 0 N–H and O–H groups in total. The lowest BCUT2D eigenvalue weighted by Crippen LogP contribution is -2.45. The van der Waals surface area contributed by atoms with E-state index in [1.54, 1.807) is 18.3 Å².